The maximum atomic E-state index is 6.50. The average molecular weight is 453 g/mol. The van der Waals surface area contributed by atoms with E-state index in [9.17, 15) is 0 Å². The third kappa shape index (κ3) is 3.83. The van der Waals surface area contributed by atoms with E-state index in [1.807, 2.05) is 24.3 Å². The topological polar surface area (TPSA) is 0 Å². The van der Waals surface area contributed by atoms with E-state index in [1.54, 1.807) is 0 Å². The molecule has 0 aliphatic rings. The molecule has 18 heavy (non-hydrogen) atoms. The van der Waals surface area contributed by atoms with Crippen LogP contribution in [0.2, 0.25) is 0 Å². The lowest BCUT2D eigenvalue weighted by molar-refractivity contribution is 0.913. The van der Waals surface area contributed by atoms with E-state index in [4.69, 9.17) is 11.6 Å². The zero-order chi connectivity index (χ0) is 13.1. The van der Waals surface area contributed by atoms with Crippen molar-refractivity contribution in [1.29, 1.82) is 0 Å². The van der Waals surface area contributed by atoms with E-state index in [0.29, 0.717) is 0 Å². The van der Waals surface area contributed by atoms with Crippen LogP contribution in [0.15, 0.2) is 55.9 Å². The summed E-state index contributed by atoms with van der Waals surface area (Å²) >= 11 is 16.9. The van der Waals surface area contributed by atoms with Gasteiger partial charge in [-0.3, -0.25) is 0 Å². The lowest BCUT2D eigenvalue weighted by Gasteiger charge is -2.12. The van der Waals surface area contributed by atoms with Crippen LogP contribution >= 0.6 is 59.4 Å². The SMILES string of the molecule is ClC(Cc1ccc(Br)cc1)c1cc(Br)ccc1Br. The summed E-state index contributed by atoms with van der Waals surface area (Å²) in [7, 11) is 0. The summed E-state index contributed by atoms with van der Waals surface area (Å²) in [5.41, 5.74) is 2.33. The fourth-order valence-electron chi connectivity index (χ4n) is 1.69. The van der Waals surface area contributed by atoms with Gasteiger partial charge in [-0.15, -0.1) is 11.6 Å². The second-order valence-electron chi connectivity index (χ2n) is 3.96. The molecule has 0 heterocycles. The number of rotatable bonds is 3. The van der Waals surface area contributed by atoms with Crippen LogP contribution in [0.3, 0.4) is 0 Å². The Morgan fingerprint density at radius 2 is 1.50 bits per heavy atom. The van der Waals surface area contributed by atoms with Gasteiger partial charge in [-0.05, 0) is 47.9 Å². The van der Waals surface area contributed by atoms with Crippen LogP contribution in [0.5, 0.6) is 0 Å². The molecule has 0 saturated heterocycles. The fourth-order valence-corrected chi connectivity index (χ4v) is 3.35. The smallest absolute Gasteiger partial charge is 0.0636 e. The number of halogens is 4. The van der Waals surface area contributed by atoms with Gasteiger partial charge in [0.25, 0.3) is 0 Å². The summed E-state index contributed by atoms with van der Waals surface area (Å²) in [6.45, 7) is 0. The first-order valence-electron chi connectivity index (χ1n) is 5.40. The van der Waals surface area contributed by atoms with Gasteiger partial charge in [0.2, 0.25) is 0 Å². The maximum Gasteiger partial charge on any atom is 0.0636 e. The van der Waals surface area contributed by atoms with Gasteiger partial charge in [0.05, 0.1) is 5.38 Å². The van der Waals surface area contributed by atoms with Crippen LogP contribution in [0, 0.1) is 0 Å². The van der Waals surface area contributed by atoms with Crippen molar-refractivity contribution in [2.24, 2.45) is 0 Å². The zero-order valence-corrected chi connectivity index (χ0v) is 14.9. The van der Waals surface area contributed by atoms with Gasteiger partial charge in [0.15, 0.2) is 0 Å². The number of alkyl halides is 1. The Morgan fingerprint density at radius 1 is 0.889 bits per heavy atom. The van der Waals surface area contributed by atoms with Crippen LogP contribution in [0.1, 0.15) is 16.5 Å². The highest BCUT2D eigenvalue weighted by molar-refractivity contribution is 9.11. The molecular weight excluding hydrogens is 443 g/mol. The largest absolute Gasteiger partial charge is 0.117 e. The van der Waals surface area contributed by atoms with Crippen molar-refractivity contribution in [1.82, 2.24) is 0 Å². The minimum absolute atomic E-state index is 0.0435. The van der Waals surface area contributed by atoms with Crippen molar-refractivity contribution in [2.45, 2.75) is 11.8 Å². The van der Waals surface area contributed by atoms with Crippen molar-refractivity contribution in [2.75, 3.05) is 0 Å². The average Bonchev–Trinajstić information content (AvgIpc) is 2.35. The molecule has 2 rings (SSSR count). The van der Waals surface area contributed by atoms with Gasteiger partial charge in [-0.25, -0.2) is 0 Å². The standard InChI is InChI=1S/C14H10Br3Cl/c15-10-3-1-9(2-4-10)7-14(18)12-8-11(16)5-6-13(12)17/h1-6,8,14H,7H2. The van der Waals surface area contributed by atoms with Crippen molar-refractivity contribution in [3.8, 4) is 0 Å². The van der Waals surface area contributed by atoms with E-state index >= 15 is 0 Å². The first-order chi connectivity index (χ1) is 8.56. The van der Waals surface area contributed by atoms with Crippen molar-refractivity contribution in [3.05, 3.63) is 67.0 Å². The van der Waals surface area contributed by atoms with Crippen LogP contribution < -0.4 is 0 Å². The molecule has 94 valence electrons. The van der Waals surface area contributed by atoms with Crippen LogP contribution in [0.25, 0.3) is 0 Å². The first-order valence-corrected chi connectivity index (χ1v) is 8.21. The van der Waals surface area contributed by atoms with E-state index in [1.165, 1.54) is 5.56 Å². The number of benzene rings is 2. The molecule has 0 aliphatic heterocycles. The summed E-state index contributed by atoms with van der Waals surface area (Å²) in [5, 5.41) is -0.0435. The molecule has 0 amide bonds. The second kappa shape index (κ2) is 6.56. The highest BCUT2D eigenvalue weighted by Crippen LogP contribution is 2.33. The van der Waals surface area contributed by atoms with Crippen LogP contribution in [-0.2, 0) is 6.42 Å². The van der Waals surface area contributed by atoms with Crippen LogP contribution in [-0.4, -0.2) is 0 Å². The molecule has 4 heteroatoms. The van der Waals surface area contributed by atoms with Gasteiger partial charge in [0, 0.05) is 13.4 Å². The molecule has 2 aromatic rings. The highest BCUT2D eigenvalue weighted by Gasteiger charge is 2.12. The zero-order valence-electron chi connectivity index (χ0n) is 9.34. The molecule has 0 aliphatic carbocycles. The molecule has 0 saturated carbocycles. The summed E-state index contributed by atoms with van der Waals surface area (Å²) < 4.78 is 3.17. The Hall–Kier alpha value is 0.170. The van der Waals surface area contributed by atoms with Crippen molar-refractivity contribution < 1.29 is 0 Å². The maximum absolute atomic E-state index is 6.50. The molecule has 0 aromatic heterocycles. The van der Waals surface area contributed by atoms with Crippen molar-refractivity contribution in [3.63, 3.8) is 0 Å². The molecule has 2 aromatic carbocycles. The summed E-state index contributed by atoms with van der Waals surface area (Å²) in [6, 6.07) is 14.3. The fraction of sp³-hybridized carbons (Fsp3) is 0.143. The molecule has 1 unspecified atom stereocenters. The van der Waals surface area contributed by atoms with Crippen molar-refractivity contribution >= 4 is 59.4 Å². The van der Waals surface area contributed by atoms with Gasteiger partial charge in [-0.1, -0.05) is 59.9 Å². The number of hydrogen-bond donors (Lipinski definition) is 0. The van der Waals surface area contributed by atoms with E-state index in [2.05, 4.69) is 66.0 Å². The van der Waals surface area contributed by atoms with Gasteiger partial charge in [0.1, 0.15) is 0 Å². The first kappa shape index (κ1) is 14.6. The van der Waals surface area contributed by atoms with Crippen LogP contribution in [0.4, 0.5) is 0 Å². The lowest BCUT2D eigenvalue weighted by Crippen LogP contribution is -1.97. The Kier molecular flexibility index (Phi) is 5.31. The van der Waals surface area contributed by atoms with Gasteiger partial charge in [-0.2, -0.15) is 0 Å². The lowest BCUT2D eigenvalue weighted by atomic mass is 10.0. The van der Waals surface area contributed by atoms with Gasteiger partial charge >= 0.3 is 0 Å². The molecule has 0 radical (unpaired) electrons. The Balaban J connectivity index is 2.18. The third-order valence-electron chi connectivity index (χ3n) is 2.62. The minimum Gasteiger partial charge on any atom is -0.117 e. The third-order valence-corrected chi connectivity index (χ3v) is 4.76. The molecule has 0 fully saturated rings. The van der Waals surface area contributed by atoms with Gasteiger partial charge < -0.3 is 0 Å². The number of hydrogen-bond acceptors (Lipinski definition) is 0. The Morgan fingerprint density at radius 3 is 2.17 bits per heavy atom. The summed E-state index contributed by atoms with van der Waals surface area (Å²) in [6.07, 6.45) is 0.809. The molecular formula is C14H10Br3Cl. The molecule has 0 N–H and O–H groups in total. The molecule has 0 nitrogen and oxygen atoms in total. The summed E-state index contributed by atoms with van der Waals surface area (Å²) in [5.74, 6) is 0. The predicted molar refractivity (Wildman–Crippen MR) is 88.3 cm³/mol. The Labute approximate surface area is 137 Å². The normalized spacial score (nSPS) is 12.4. The molecule has 1 atom stereocenters. The quantitative estimate of drug-likeness (QED) is 0.466. The van der Waals surface area contributed by atoms with E-state index < -0.39 is 0 Å². The minimum atomic E-state index is -0.0435. The summed E-state index contributed by atoms with van der Waals surface area (Å²) in [4.78, 5) is 0. The highest BCUT2D eigenvalue weighted by atomic mass is 79.9. The molecule has 0 bridgehead atoms. The molecule has 0 spiro atoms. The predicted octanol–water partition coefficient (Wildman–Crippen LogP) is 6.50. The van der Waals surface area contributed by atoms with E-state index in [-0.39, 0.29) is 5.38 Å². The monoisotopic (exact) mass is 450 g/mol. The van der Waals surface area contributed by atoms with E-state index in [0.717, 1.165) is 25.4 Å². The second-order valence-corrected chi connectivity index (χ2v) is 7.18. The Bertz CT molecular complexity index is 537.